The van der Waals surface area contributed by atoms with E-state index in [-0.39, 0.29) is 5.56 Å². The van der Waals surface area contributed by atoms with Crippen molar-refractivity contribution in [2.75, 3.05) is 25.6 Å². The maximum Gasteiger partial charge on any atom is 0.338 e. The maximum absolute atomic E-state index is 13.5. The molecule has 4 rings (SSSR count). The van der Waals surface area contributed by atoms with Crippen molar-refractivity contribution in [1.29, 1.82) is 0 Å². The highest BCUT2D eigenvalue weighted by molar-refractivity contribution is 14.1. The van der Waals surface area contributed by atoms with Gasteiger partial charge in [0.15, 0.2) is 0 Å². The molecule has 0 saturated heterocycles. The van der Waals surface area contributed by atoms with E-state index in [1.165, 1.54) is 0 Å². The van der Waals surface area contributed by atoms with Gasteiger partial charge in [-0.1, -0.05) is 18.2 Å². The molecule has 0 fully saturated rings. The van der Waals surface area contributed by atoms with E-state index in [9.17, 15) is 9.59 Å². The number of nitrogens with zero attached hydrogens (tertiary/aromatic N) is 3. The van der Waals surface area contributed by atoms with Crippen LogP contribution in [0.2, 0.25) is 0 Å². The molecular formula is C27H24IN3O3. The lowest BCUT2D eigenvalue weighted by atomic mass is 10.1. The van der Waals surface area contributed by atoms with Crippen molar-refractivity contribution in [2.24, 2.45) is 0 Å². The van der Waals surface area contributed by atoms with Crippen molar-refractivity contribution < 1.29 is 9.53 Å². The van der Waals surface area contributed by atoms with E-state index in [4.69, 9.17) is 9.72 Å². The molecule has 0 aliphatic heterocycles. The predicted molar refractivity (Wildman–Crippen MR) is 146 cm³/mol. The number of rotatable bonds is 6. The van der Waals surface area contributed by atoms with Gasteiger partial charge in [0.25, 0.3) is 5.56 Å². The van der Waals surface area contributed by atoms with Crippen LogP contribution in [0, 0.1) is 3.57 Å². The quantitative estimate of drug-likeness (QED) is 0.231. The molecule has 0 radical (unpaired) electrons. The lowest BCUT2D eigenvalue weighted by molar-refractivity contribution is 0.0526. The number of hydrogen-bond donors (Lipinski definition) is 0. The first-order chi connectivity index (χ1) is 16.4. The van der Waals surface area contributed by atoms with Gasteiger partial charge in [-0.05, 0) is 95.8 Å². The fourth-order valence-electron chi connectivity index (χ4n) is 3.55. The Morgan fingerprint density at radius 3 is 2.38 bits per heavy atom. The van der Waals surface area contributed by atoms with Crippen LogP contribution >= 0.6 is 22.6 Å². The highest BCUT2D eigenvalue weighted by Crippen LogP contribution is 2.19. The van der Waals surface area contributed by atoms with Crippen molar-refractivity contribution in [3.8, 4) is 5.69 Å². The molecule has 7 heteroatoms. The zero-order chi connectivity index (χ0) is 24.2. The first-order valence-corrected chi connectivity index (χ1v) is 11.9. The third-order valence-electron chi connectivity index (χ3n) is 5.33. The summed E-state index contributed by atoms with van der Waals surface area (Å²) in [5.74, 6) is 0.105. The van der Waals surface area contributed by atoms with E-state index < -0.39 is 5.97 Å². The molecule has 0 spiro atoms. The number of benzene rings is 3. The molecule has 1 aromatic heterocycles. The standard InChI is InChI=1S/C27H24IN3O3/c1-4-34-27(33)19-8-13-22(14-9-19)31-25(16-7-18-5-11-21(12-6-18)30(2)3)29-24-15-10-20(28)17-23(24)26(31)32/h5-17H,4H2,1-3H3. The van der Waals surface area contributed by atoms with Gasteiger partial charge in [-0.2, -0.15) is 0 Å². The number of halogens is 1. The number of anilines is 1. The van der Waals surface area contributed by atoms with Crippen LogP contribution < -0.4 is 10.5 Å². The van der Waals surface area contributed by atoms with Crippen LogP contribution in [-0.2, 0) is 4.74 Å². The minimum absolute atomic E-state index is 0.171. The Labute approximate surface area is 211 Å². The van der Waals surface area contributed by atoms with Crippen LogP contribution in [0.5, 0.6) is 0 Å². The smallest absolute Gasteiger partial charge is 0.338 e. The summed E-state index contributed by atoms with van der Waals surface area (Å²) in [6.45, 7) is 2.07. The third kappa shape index (κ3) is 5.04. The highest BCUT2D eigenvalue weighted by atomic mass is 127. The average Bonchev–Trinajstić information content (AvgIpc) is 2.84. The van der Waals surface area contributed by atoms with Gasteiger partial charge in [-0.3, -0.25) is 9.36 Å². The van der Waals surface area contributed by atoms with Crippen molar-refractivity contribution in [3.63, 3.8) is 0 Å². The zero-order valence-corrected chi connectivity index (χ0v) is 21.3. The maximum atomic E-state index is 13.5. The summed E-state index contributed by atoms with van der Waals surface area (Å²) in [7, 11) is 3.99. The van der Waals surface area contributed by atoms with Gasteiger partial charge >= 0.3 is 5.97 Å². The highest BCUT2D eigenvalue weighted by Gasteiger charge is 2.13. The van der Waals surface area contributed by atoms with Gasteiger partial charge in [0.2, 0.25) is 0 Å². The molecule has 0 N–H and O–H groups in total. The van der Waals surface area contributed by atoms with Crippen LogP contribution in [0.1, 0.15) is 28.7 Å². The van der Waals surface area contributed by atoms with E-state index in [2.05, 4.69) is 22.6 Å². The van der Waals surface area contributed by atoms with Gasteiger partial charge in [-0.25, -0.2) is 9.78 Å². The first kappa shape index (κ1) is 23.7. The second-order valence-corrected chi connectivity index (χ2v) is 9.10. The summed E-state index contributed by atoms with van der Waals surface area (Å²) in [5.41, 5.74) is 3.61. The second-order valence-electron chi connectivity index (χ2n) is 7.86. The molecular weight excluding hydrogens is 541 g/mol. The second kappa shape index (κ2) is 10.2. The average molecular weight is 565 g/mol. The summed E-state index contributed by atoms with van der Waals surface area (Å²) in [4.78, 5) is 32.4. The molecule has 0 unspecified atom stereocenters. The number of carbonyl (C=O) groups excluding carboxylic acids is 1. The van der Waals surface area contributed by atoms with Crippen molar-refractivity contribution in [3.05, 3.63) is 97.6 Å². The van der Waals surface area contributed by atoms with Crippen LogP contribution in [0.25, 0.3) is 28.7 Å². The summed E-state index contributed by atoms with van der Waals surface area (Å²) < 4.78 is 7.59. The Morgan fingerprint density at radius 1 is 1.03 bits per heavy atom. The Morgan fingerprint density at radius 2 is 1.74 bits per heavy atom. The molecule has 0 saturated carbocycles. The predicted octanol–water partition coefficient (Wildman–Crippen LogP) is 5.40. The van der Waals surface area contributed by atoms with E-state index in [0.29, 0.717) is 34.6 Å². The van der Waals surface area contributed by atoms with E-state index in [1.54, 1.807) is 35.8 Å². The topological polar surface area (TPSA) is 64.4 Å². The molecule has 1 heterocycles. The van der Waals surface area contributed by atoms with Crippen LogP contribution in [-0.4, -0.2) is 36.2 Å². The first-order valence-electron chi connectivity index (χ1n) is 10.8. The molecule has 3 aromatic carbocycles. The normalized spacial score (nSPS) is 11.2. The molecule has 4 aromatic rings. The van der Waals surface area contributed by atoms with Gasteiger partial charge in [0.05, 0.1) is 28.8 Å². The Kier molecular flexibility index (Phi) is 7.12. The van der Waals surface area contributed by atoms with Crippen molar-refractivity contribution in [2.45, 2.75) is 6.92 Å². The number of esters is 1. The van der Waals surface area contributed by atoms with Crippen LogP contribution in [0.4, 0.5) is 5.69 Å². The zero-order valence-electron chi connectivity index (χ0n) is 19.2. The van der Waals surface area contributed by atoms with Gasteiger partial charge in [0.1, 0.15) is 5.82 Å². The minimum Gasteiger partial charge on any atom is -0.462 e. The molecule has 6 nitrogen and oxygen atoms in total. The number of ether oxygens (including phenoxy) is 1. The Balaban J connectivity index is 1.82. The van der Waals surface area contributed by atoms with Gasteiger partial charge in [0, 0.05) is 23.4 Å². The molecule has 0 aliphatic rings. The van der Waals surface area contributed by atoms with Crippen LogP contribution in [0.15, 0.2) is 71.5 Å². The van der Waals surface area contributed by atoms with Gasteiger partial charge < -0.3 is 9.64 Å². The molecule has 0 bridgehead atoms. The van der Waals surface area contributed by atoms with E-state index >= 15 is 0 Å². The Bertz CT molecular complexity index is 1420. The van der Waals surface area contributed by atoms with Crippen LogP contribution in [0.3, 0.4) is 0 Å². The minimum atomic E-state index is -0.395. The molecule has 0 atom stereocenters. The summed E-state index contributed by atoms with van der Waals surface area (Å²) >= 11 is 2.19. The van der Waals surface area contributed by atoms with Crippen molar-refractivity contribution in [1.82, 2.24) is 9.55 Å². The number of hydrogen-bond acceptors (Lipinski definition) is 5. The molecule has 172 valence electrons. The lowest BCUT2D eigenvalue weighted by Gasteiger charge is -2.13. The third-order valence-corrected chi connectivity index (χ3v) is 6.00. The molecule has 0 aliphatic carbocycles. The largest absolute Gasteiger partial charge is 0.462 e. The number of fused-ring (bicyclic) bond motifs is 1. The monoisotopic (exact) mass is 565 g/mol. The fourth-order valence-corrected chi connectivity index (χ4v) is 4.04. The Hall–Kier alpha value is -3.46. The molecule has 0 amide bonds. The summed E-state index contributed by atoms with van der Waals surface area (Å²) in [6.07, 6.45) is 3.77. The SMILES string of the molecule is CCOC(=O)c1ccc(-n2c(C=Cc3ccc(N(C)C)cc3)nc3ccc(I)cc3c2=O)cc1. The number of aromatic nitrogens is 2. The molecule has 34 heavy (non-hydrogen) atoms. The van der Waals surface area contributed by atoms with E-state index in [0.717, 1.165) is 14.8 Å². The summed E-state index contributed by atoms with van der Waals surface area (Å²) in [6, 6.07) is 20.5. The van der Waals surface area contributed by atoms with Gasteiger partial charge in [-0.15, -0.1) is 0 Å². The lowest BCUT2D eigenvalue weighted by Crippen LogP contribution is -2.22. The van der Waals surface area contributed by atoms with E-state index in [1.807, 2.05) is 73.6 Å². The fraction of sp³-hybridized carbons (Fsp3) is 0.148. The van der Waals surface area contributed by atoms with Crippen molar-refractivity contribution >= 4 is 57.3 Å². The number of carbonyl (C=O) groups is 1. The summed E-state index contributed by atoms with van der Waals surface area (Å²) in [5, 5.41) is 0.536.